The lowest BCUT2D eigenvalue weighted by atomic mass is 9.76. The van der Waals surface area contributed by atoms with E-state index in [0.29, 0.717) is 16.3 Å². The summed E-state index contributed by atoms with van der Waals surface area (Å²) >= 11 is 2.53. The van der Waals surface area contributed by atoms with E-state index in [2.05, 4.69) is 56.4 Å². The van der Waals surface area contributed by atoms with Gasteiger partial charge in [0.15, 0.2) is 0 Å². The van der Waals surface area contributed by atoms with Crippen molar-refractivity contribution in [1.82, 2.24) is 0 Å². The van der Waals surface area contributed by atoms with Gasteiger partial charge in [-0.2, -0.15) is 0 Å². The Labute approximate surface area is 130 Å². The first-order valence-corrected chi connectivity index (χ1v) is 8.56. The predicted molar refractivity (Wildman–Crippen MR) is 89.2 cm³/mol. The summed E-state index contributed by atoms with van der Waals surface area (Å²) in [5.41, 5.74) is 4.24. The van der Waals surface area contributed by atoms with Gasteiger partial charge < -0.3 is 0 Å². The molecule has 0 heterocycles. The molecular weight excluding hydrogens is 350 g/mol. The molecule has 0 fully saturated rings. The lowest BCUT2D eigenvalue weighted by Gasteiger charge is -2.27. The molecule has 0 saturated heterocycles. The van der Waals surface area contributed by atoms with E-state index in [4.69, 9.17) is 0 Å². The lowest BCUT2D eigenvalue weighted by Crippen LogP contribution is -2.19. The second kappa shape index (κ2) is 5.71. The molecule has 0 aromatic carbocycles. The van der Waals surface area contributed by atoms with E-state index >= 15 is 0 Å². The summed E-state index contributed by atoms with van der Waals surface area (Å²) in [6, 6.07) is 0. The zero-order valence-electron chi connectivity index (χ0n) is 12.4. The predicted octanol–water partition coefficient (Wildman–Crippen LogP) is 6.14. The molecule has 0 saturated carbocycles. The van der Waals surface area contributed by atoms with E-state index in [1.54, 1.807) is 6.08 Å². The third-order valence-electron chi connectivity index (χ3n) is 4.87. The number of hydrogen-bond acceptors (Lipinski definition) is 0. The van der Waals surface area contributed by atoms with Crippen LogP contribution in [0.5, 0.6) is 0 Å². The molecule has 106 valence electrons. The van der Waals surface area contributed by atoms with Crippen LogP contribution in [0.3, 0.4) is 0 Å². The summed E-state index contributed by atoms with van der Waals surface area (Å²) in [7, 11) is 0. The summed E-state index contributed by atoms with van der Waals surface area (Å²) < 4.78 is 14.3. The van der Waals surface area contributed by atoms with E-state index in [9.17, 15) is 4.39 Å². The smallest absolute Gasteiger partial charge is 0.101 e. The molecular formula is C17H24FI. The summed E-state index contributed by atoms with van der Waals surface area (Å²) in [5.74, 6) is 0.556. The normalized spacial score (nSPS) is 29.5. The SMILES string of the molecule is CCC(I)C/C=C1/C2=C(C=C(F)CC2)C(C)(C)C1C. The number of rotatable bonds is 3. The third-order valence-corrected chi connectivity index (χ3v) is 6.26. The minimum Gasteiger partial charge on any atom is -0.212 e. The van der Waals surface area contributed by atoms with Gasteiger partial charge in [-0.3, -0.25) is 0 Å². The molecule has 2 unspecified atom stereocenters. The maximum atomic E-state index is 13.6. The Kier molecular flexibility index (Phi) is 4.59. The molecule has 0 spiro atoms. The fraction of sp³-hybridized carbons (Fsp3) is 0.647. The number of alkyl halides is 1. The quantitative estimate of drug-likeness (QED) is 0.411. The first-order chi connectivity index (χ1) is 8.87. The van der Waals surface area contributed by atoms with Crippen molar-refractivity contribution in [2.24, 2.45) is 11.3 Å². The van der Waals surface area contributed by atoms with Crippen LogP contribution in [0.2, 0.25) is 0 Å². The molecule has 0 aromatic rings. The molecule has 2 atom stereocenters. The van der Waals surface area contributed by atoms with Crippen LogP contribution in [0.1, 0.15) is 53.4 Å². The fourth-order valence-corrected chi connectivity index (χ4v) is 3.43. The average Bonchev–Trinajstić information content (AvgIpc) is 2.56. The lowest BCUT2D eigenvalue weighted by molar-refractivity contribution is 0.358. The molecule has 2 aliphatic rings. The van der Waals surface area contributed by atoms with E-state index in [-0.39, 0.29) is 11.2 Å². The first-order valence-electron chi connectivity index (χ1n) is 7.32. The molecule has 19 heavy (non-hydrogen) atoms. The van der Waals surface area contributed by atoms with Crippen molar-refractivity contribution in [3.05, 3.63) is 34.7 Å². The van der Waals surface area contributed by atoms with Gasteiger partial charge in [0.25, 0.3) is 0 Å². The third kappa shape index (κ3) is 2.84. The highest BCUT2D eigenvalue weighted by Gasteiger charge is 2.42. The Morgan fingerprint density at radius 1 is 1.47 bits per heavy atom. The van der Waals surface area contributed by atoms with E-state index in [1.807, 2.05) is 0 Å². The van der Waals surface area contributed by atoms with Crippen molar-refractivity contribution >= 4 is 22.6 Å². The molecule has 0 radical (unpaired) electrons. The molecule has 2 heteroatoms. The molecule has 2 aliphatic carbocycles. The average molecular weight is 374 g/mol. The molecule has 2 rings (SSSR count). The van der Waals surface area contributed by atoms with Crippen LogP contribution < -0.4 is 0 Å². The number of hydrogen-bond donors (Lipinski definition) is 0. The highest BCUT2D eigenvalue weighted by molar-refractivity contribution is 14.1. The van der Waals surface area contributed by atoms with Gasteiger partial charge in [0.1, 0.15) is 5.83 Å². The van der Waals surface area contributed by atoms with Gasteiger partial charge in [-0.15, -0.1) is 0 Å². The van der Waals surface area contributed by atoms with Gasteiger partial charge in [-0.25, -0.2) is 4.39 Å². The van der Waals surface area contributed by atoms with Crippen LogP contribution in [0.25, 0.3) is 0 Å². The van der Waals surface area contributed by atoms with E-state index in [0.717, 1.165) is 12.8 Å². The van der Waals surface area contributed by atoms with E-state index in [1.165, 1.54) is 23.1 Å². The Bertz CT molecular complexity index is 454. The van der Waals surface area contributed by atoms with Gasteiger partial charge in [-0.05, 0) is 53.4 Å². The standard InChI is InChI=1S/C17H24FI/c1-5-13(19)7-9-14-11(2)17(3,4)16-10-12(18)6-8-15(14)16/h9-11,13H,5-8H2,1-4H3/b14-9+. The molecule has 0 N–H and O–H groups in total. The van der Waals surface area contributed by atoms with Crippen LogP contribution >= 0.6 is 22.6 Å². The summed E-state index contributed by atoms with van der Waals surface area (Å²) in [6.07, 6.45) is 8.04. The minimum atomic E-state index is 0.0561. The second-order valence-electron chi connectivity index (χ2n) is 6.33. The van der Waals surface area contributed by atoms with Crippen LogP contribution in [-0.2, 0) is 0 Å². The fourth-order valence-electron chi connectivity index (χ4n) is 3.17. The van der Waals surface area contributed by atoms with Crippen molar-refractivity contribution in [2.75, 3.05) is 0 Å². The van der Waals surface area contributed by atoms with Crippen molar-refractivity contribution in [1.29, 1.82) is 0 Å². The van der Waals surface area contributed by atoms with Crippen LogP contribution in [0.15, 0.2) is 34.7 Å². The largest absolute Gasteiger partial charge is 0.212 e. The molecule has 0 bridgehead atoms. The topological polar surface area (TPSA) is 0 Å². The van der Waals surface area contributed by atoms with Crippen LogP contribution in [0.4, 0.5) is 4.39 Å². The zero-order valence-corrected chi connectivity index (χ0v) is 14.6. The van der Waals surface area contributed by atoms with E-state index < -0.39 is 0 Å². The highest BCUT2D eigenvalue weighted by atomic mass is 127. The number of halogens is 2. The Morgan fingerprint density at radius 2 is 2.16 bits per heavy atom. The Morgan fingerprint density at radius 3 is 2.79 bits per heavy atom. The van der Waals surface area contributed by atoms with Crippen molar-refractivity contribution in [2.45, 2.75) is 57.3 Å². The first kappa shape index (κ1) is 15.3. The maximum absolute atomic E-state index is 13.6. The van der Waals surface area contributed by atoms with Crippen molar-refractivity contribution < 1.29 is 4.39 Å². The molecule has 0 amide bonds. The van der Waals surface area contributed by atoms with Crippen molar-refractivity contribution in [3.8, 4) is 0 Å². The van der Waals surface area contributed by atoms with Crippen LogP contribution in [0, 0.1) is 11.3 Å². The van der Waals surface area contributed by atoms with Crippen molar-refractivity contribution in [3.63, 3.8) is 0 Å². The molecule has 0 aliphatic heterocycles. The van der Waals surface area contributed by atoms with Gasteiger partial charge in [0.2, 0.25) is 0 Å². The summed E-state index contributed by atoms with van der Waals surface area (Å²) in [5, 5.41) is 0. The monoisotopic (exact) mass is 374 g/mol. The molecule has 0 nitrogen and oxygen atoms in total. The second-order valence-corrected chi connectivity index (χ2v) is 8.09. The Hall–Kier alpha value is -0.120. The van der Waals surface area contributed by atoms with Crippen LogP contribution in [-0.4, -0.2) is 3.92 Å². The number of allylic oxidation sites excluding steroid dienone is 6. The summed E-state index contributed by atoms with van der Waals surface area (Å²) in [6.45, 7) is 9.04. The zero-order chi connectivity index (χ0) is 14.2. The van der Waals surface area contributed by atoms with Gasteiger partial charge in [0.05, 0.1) is 0 Å². The van der Waals surface area contributed by atoms with Gasteiger partial charge in [0, 0.05) is 10.3 Å². The Balaban J connectivity index is 2.35. The van der Waals surface area contributed by atoms with Gasteiger partial charge in [-0.1, -0.05) is 56.4 Å². The minimum absolute atomic E-state index is 0.0561. The van der Waals surface area contributed by atoms with Gasteiger partial charge >= 0.3 is 0 Å². The maximum Gasteiger partial charge on any atom is 0.101 e. The molecule has 0 aromatic heterocycles. The highest BCUT2D eigenvalue weighted by Crippen LogP contribution is 2.54. The summed E-state index contributed by atoms with van der Waals surface area (Å²) in [4.78, 5) is 0.